The highest BCUT2D eigenvalue weighted by molar-refractivity contribution is 5.72. The molecule has 2 aromatic carbocycles. The Bertz CT molecular complexity index is 1700. The number of allylic oxidation sites excluding steroid dienone is 1. The molecular weight excluding hydrogens is 670 g/mol. The molecule has 2 N–H and O–H groups in total. The molecule has 1 saturated carbocycles. The number of carbonyl (C=O) groups excluding carboxylic acids is 1. The zero-order valence-electron chi connectivity index (χ0n) is 27.3. The van der Waals surface area contributed by atoms with Crippen LogP contribution in [0.4, 0.5) is 37.0 Å². The normalized spacial score (nSPS) is 19.8. The van der Waals surface area contributed by atoms with Crippen molar-refractivity contribution in [1.82, 2.24) is 14.9 Å². The highest BCUT2D eigenvalue weighted by atomic mass is 19.4. The summed E-state index contributed by atoms with van der Waals surface area (Å²) < 4.78 is 87.2. The molecule has 2 fully saturated rings. The van der Waals surface area contributed by atoms with Crippen molar-refractivity contribution in [3.05, 3.63) is 88.4 Å². The smallest absolute Gasteiger partial charge is 0.416 e. The maximum atomic E-state index is 13.6. The summed E-state index contributed by atoms with van der Waals surface area (Å²) in [5.74, 6) is -0.383. The van der Waals surface area contributed by atoms with Crippen LogP contribution in [0, 0.1) is 5.92 Å². The number of carboxylic acids is 1. The van der Waals surface area contributed by atoms with Gasteiger partial charge in [-0.05, 0) is 74.8 Å². The molecule has 5 rings (SSSR count). The number of cyclic esters (lactones) is 1. The van der Waals surface area contributed by atoms with Gasteiger partial charge in [0.2, 0.25) is 0 Å². The van der Waals surface area contributed by atoms with Crippen molar-refractivity contribution >= 4 is 17.9 Å². The molecule has 1 aliphatic heterocycles. The second-order valence-electron chi connectivity index (χ2n) is 12.5. The van der Waals surface area contributed by atoms with Gasteiger partial charge in [-0.15, -0.1) is 0 Å². The average molecular weight is 707 g/mol. The fourth-order valence-electron chi connectivity index (χ4n) is 6.30. The van der Waals surface area contributed by atoms with Crippen molar-refractivity contribution < 1.29 is 50.9 Å². The van der Waals surface area contributed by atoms with E-state index in [2.05, 4.69) is 0 Å². The van der Waals surface area contributed by atoms with Crippen LogP contribution >= 0.6 is 0 Å². The van der Waals surface area contributed by atoms with Gasteiger partial charge in [-0.2, -0.15) is 26.3 Å². The number of amides is 1. The number of aliphatic carboxylic acids is 1. The molecule has 2 atom stereocenters. The summed E-state index contributed by atoms with van der Waals surface area (Å²) in [5.41, 5.74) is -0.349. The molecule has 3 aromatic rings. The molecule has 1 amide bonds. The molecule has 1 aromatic heterocycles. The third kappa shape index (κ3) is 8.37. The second-order valence-corrected chi connectivity index (χ2v) is 12.5. The number of aromatic nitrogens is 2. The number of carboxylic acid groups (broad SMARTS) is 1. The summed E-state index contributed by atoms with van der Waals surface area (Å²) in [5, 5.41) is 18.6. The Balaban J connectivity index is 1.49. The lowest BCUT2D eigenvalue weighted by Crippen LogP contribution is -2.33. The number of aliphatic hydroxyl groups excluding tert-OH is 1. The van der Waals surface area contributed by atoms with Crippen molar-refractivity contribution in [2.75, 3.05) is 11.4 Å². The number of halogens is 6. The maximum absolute atomic E-state index is 13.6. The number of rotatable bonds is 10. The Hall–Kier alpha value is -4.66. The van der Waals surface area contributed by atoms with E-state index >= 15 is 0 Å². The summed E-state index contributed by atoms with van der Waals surface area (Å²) in [6, 6.07) is 7.05. The van der Waals surface area contributed by atoms with E-state index in [1.165, 1.54) is 11.8 Å². The molecule has 50 heavy (non-hydrogen) atoms. The zero-order valence-corrected chi connectivity index (χ0v) is 27.3. The van der Waals surface area contributed by atoms with Crippen molar-refractivity contribution in [3.63, 3.8) is 0 Å². The summed E-state index contributed by atoms with van der Waals surface area (Å²) in [4.78, 5) is 37.0. The lowest BCUT2D eigenvalue weighted by Gasteiger charge is -2.27. The third-order valence-electron chi connectivity index (χ3n) is 9.07. The summed E-state index contributed by atoms with van der Waals surface area (Å²) in [6.07, 6.45) is -6.18. The lowest BCUT2D eigenvalue weighted by molar-refractivity contribution is -0.143. The van der Waals surface area contributed by atoms with Gasteiger partial charge in [0.1, 0.15) is 11.8 Å². The van der Waals surface area contributed by atoms with E-state index in [1.54, 1.807) is 30.5 Å². The molecule has 1 unspecified atom stereocenters. The van der Waals surface area contributed by atoms with Crippen LogP contribution in [0.2, 0.25) is 0 Å². The first-order valence-electron chi connectivity index (χ1n) is 16.1. The zero-order chi connectivity index (χ0) is 36.4. The van der Waals surface area contributed by atoms with Crippen LogP contribution in [-0.2, 0) is 35.0 Å². The molecule has 268 valence electrons. The van der Waals surface area contributed by atoms with Gasteiger partial charge in [-0.1, -0.05) is 29.8 Å². The standard InChI is InChI=1S/C35H36F6N4O5/c1-3-44(17-22-6-4-21(5-7-22)12-30(47)48)32-29(43-28(16-42-32)24-10-8-23(19-46)9-11-24)18-45-20(2)31(50-33(45)49)25-13-26(34(36,37)38)15-27(14-25)35(39,40)41/h8-11,13-17,20-21,31,46H,3-7,12,18-19H2,1-2H3,(H,47,48)/t20-,21?,31?/m0/s1. The molecule has 0 spiro atoms. The van der Waals surface area contributed by atoms with Gasteiger partial charge in [0.05, 0.1) is 42.2 Å². The largest absolute Gasteiger partial charge is 0.481 e. The van der Waals surface area contributed by atoms with E-state index in [1.807, 2.05) is 18.0 Å². The van der Waals surface area contributed by atoms with E-state index in [9.17, 15) is 46.1 Å². The van der Waals surface area contributed by atoms with E-state index in [0.717, 1.165) is 5.57 Å². The topological polar surface area (TPSA) is 116 Å². The van der Waals surface area contributed by atoms with Gasteiger partial charge < -0.3 is 19.8 Å². The first kappa shape index (κ1) is 36.6. The summed E-state index contributed by atoms with van der Waals surface area (Å²) >= 11 is 0. The molecule has 1 aliphatic carbocycles. The number of carbonyl (C=O) groups is 2. The van der Waals surface area contributed by atoms with Gasteiger partial charge in [0, 0.05) is 24.7 Å². The molecule has 0 radical (unpaired) electrons. The highest BCUT2D eigenvalue weighted by Crippen LogP contribution is 2.41. The number of aliphatic hydroxyl groups is 1. The maximum Gasteiger partial charge on any atom is 0.416 e. The number of ether oxygens (including phenoxy) is 1. The molecule has 9 nitrogen and oxygen atoms in total. The van der Waals surface area contributed by atoms with Crippen molar-refractivity contribution in [2.45, 2.75) is 83.6 Å². The molecule has 2 aliphatic rings. The number of alkyl halides is 6. The Morgan fingerprint density at radius 2 is 1.66 bits per heavy atom. The van der Waals surface area contributed by atoms with E-state index in [0.29, 0.717) is 72.7 Å². The second kappa shape index (κ2) is 14.7. The van der Waals surface area contributed by atoms with Crippen LogP contribution < -0.4 is 4.90 Å². The predicted molar refractivity (Wildman–Crippen MR) is 169 cm³/mol. The van der Waals surface area contributed by atoms with Gasteiger partial charge >= 0.3 is 24.4 Å². The van der Waals surface area contributed by atoms with E-state index in [4.69, 9.17) is 14.7 Å². The predicted octanol–water partition coefficient (Wildman–Crippen LogP) is 8.13. The van der Waals surface area contributed by atoms with Crippen LogP contribution in [0.25, 0.3) is 11.3 Å². The van der Waals surface area contributed by atoms with Gasteiger partial charge in [0.15, 0.2) is 5.82 Å². The van der Waals surface area contributed by atoms with E-state index in [-0.39, 0.29) is 31.6 Å². The van der Waals surface area contributed by atoms with Crippen molar-refractivity contribution in [2.24, 2.45) is 5.92 Å². The van der Waals surface area contributed by atoms with Crippen LogP contribution in [0.5, 0.6) is 0 Å². The molecular formula is C35H36F6N4O5. The van der Waals surface area contributed by atoms with Crippen LogP contribution in [0.1, 0.15) is 80.0 Å². The first-order valence-corrected chi connectivity index (χ1v) is 16.1. The minimum Gasteiger partial charge on any atom is -0.481 e. The molecule has 2 heterocycles. The number of hydrogen-bond acceptors (Lipinski definition) is 7. The van der Waals surface area contributed by atoms with E-state index < -0.39 is 53.3 Å². The summed E-state index contributed by atoms with van der Waals surface area (Å²) in [7, 11) is 0. The number of benzene rings is 2. The Kier molecular flexibility index (Phi) is 10.7. The fourth-order valence-corrected chi connectivity index (χ4v) is 6.30. The quantitative estimate of drug-likeness (QED) is 0.203. The Morgan fingerprint density at radius 3 is 2.20 bits per heavy atom. The third-order valence-corrected chi connectivity index (χ3v) is 9.07. The van der Waals surface area contributed by atoms with Crippen LogP contribution in [0.15, 0.2) is 60.4 Å². The van der Waals surface area contributed by atoms with Gasteiger partial charge in [0.25, 0.3) is 0 Å². The molecule has 1 saturated heterocycles. The minimum atomic E-state index is -5.07. The summed E-state index contributed by atoms with van der Waals surface area (Å²) in [6.45, 7) is 3.39. The number of hydrogen-bond donors (Lipinski definition) is 2. The minimum absolute atomic E-state index is 0.0234. The molecule has 0 bridgehead atoms. The van der Waals surface area contributed by atoms with Crippen molar-refractivity contribution in [3.8, 4) is 11.3 Å². The average Bonchev–Trinajstić information content (AvgIpc) is 3.35. The SMILES string of the molecule is CCN(C=C1CCC(CC(=O)O)CC1)c1ncc(-c2ccc(CO)cc2)nc1CN1C(=O)OC(c2cc(C(F)(F)F)cc(C(F)(F)F)c2)[C@@H]1C. The van der Waals surface area contributed by atoms with Gasteiger partial charge in [-0.25, -0.2) is 14.8 Å². The van der Waals surface area contributed by atoms with Crippen LogP contribution in [0.3, 0.4) is 0 Å². The first-order chi connectivity index (χ1) is 23.6. The Morgan fingerprint density at radius 1 is 1.04 bits per heavy atom. The molecule has 15 heteroatoms. The number of anilines is 1. The highest BCUT2D eigenvalue weighted by Gasteiger charge is 2.43. The number of nitrogens with zero attached hydrogens (tertiary/aromatic N) is 4. The lowest BCUT2D eigenvalue weighted by atomic mass is 9.84. The fraction of sp³-hybridized carbons (Fsp3) is 0.429. The van der Waals surface area contributed by atoms with Crippen LogP contribution in [-0.4, -0.2) is 49.7 Å². The van der Waals surface area contributed by atoms with Gasteiger partial charge in [-0.3, -0.25) is 9.69 Å². The Labute approximate surface area is 284 Å². The van der Waals surface area contributed by atoms with Crippen molar-refractivity contribution in [1.29, 1.82) is 0 Å². The monoisotopic (exact) mass is 706 g/mol.